The molecule has 0 radical (unpaired) electrons. The number of hydrogen-bond donors (Lipinski definition) is 1. The Bertz CT molecular complexity index is 987. The molecule has 2 aromatic carbocycles. The molecule has 8 heteroatoms. The zero-order valence-corrected chi connectivity index (χ0v) is 17.0. The first-order valence-corrected chi connectivity index (χ1v) is 9.96. The molecule has 1 N–H and O–H groups in total. The fourth-order valence-electron chi connectivity index (χ4n) is 2.73. The number of nitrogens with one attached hydrogen (secondary N) is 1. The van der Waals surface area contributed by atoms with E-state index in [1.165, 1.54) is 24.9 Å². The second-order valence-electron chi connectivity index (χ2n) is 6.14. The highest BCUT2D eigenvalue weighted by molar-refractivity contribution is 7.99. The smallest absolute Gasteiger partial charge is 0.387 e. The molecule has 0 unspecified atom stereocenters. The molecule has 30 heavy (non-hydrogen) atoms. The van der Waals surface area contributed by atoms with Gasteiger partial charge in [0.05, 0.1) is 12.7 Å². The van der Waals surface area contributed by atoms with Crippen molar-refractivity contribution in [3.63, 3.8) is 0 Å². The van der Waals surface area contributed by atoms with Crippen LogP contribution in [0.5, 0.6) is 11.5 Å². The molecule has 1 aromatic heterocycles. The number of aromatic nitrogens is 1. The summed E-state index contributed by atoms with van der Waals surface area (Å²) in [7, 11) is 1.38. The Kier molecular flexibility index (Phi) is 7.62. The van der Waals surface area contributed by atoms with Crippen molar-refractivity contribution in [1.29, 1.82) is 0 Å². The lowest BCUT2D eigenvalue weighted by Gasteiger charge is -2.12. The van der Waals surface area contributed by atoms with Crippen LogP contribution in [0.15, 0.2) is 76.8 Å². The van der Waals surface area contributed by atoms with E-state index < -0.39 is 6.61 Å². The number of methoxy groups -OCH3 is 1. The van der Waals surface area contributed by atoms with Crippen LogP contribution in [-0.2, 0) is 6.42 Å². The van der Waals surface area contributed by atoms with Crippen LogP contribution in [0.2, 0.25) is 0 Å². The number of alkyl halides is 2. The minimum absolute atomic E-state index is 0.0369. The largest absolute Gasteiger partial charge is 0.493 e. The molecule has 1 amide bonds. The fraction of sp³-hybridized carbons (Fsp3) is 0.182. The minimum Gasteiger partial charge on any atom is -0.493 e. The maximum atomic E-state index is 12.7. The number of ether oxygens (including phenoxy) is 2. The second-order valence-corrected chi connectivity index (χ2v) is 7.20. The maximum Gasteiger partial charge on any atom is 0.387 e. The van der Waals surface area contributed by atoms with Crippen molar-refractivity contribution in [2.75, 3.05) is 13.7 Å². The Morgan fingerprint density at radius 3 is 2.63 bits per heavy atom. The predicted molar refractivity (Wildman–Crippen MR) is 110 cm³/mol. The first-order chi connectivity index (χ1) is 14.6. The number of benzene rings is 2. The molecule has 0 aliphatic carbocycles. The van der Waals surface area contributed by atoms with E-state index in [1.807, 2.05) is 30.3 Å². The van der Waals surface area contributed by atoms with Gasteiger partial charge in [0.2, 0.25) is 0 Å². The zero-order chi connectivity index (χ0) is 21.3. The fourth-order valence-corrected chi connectivity index (χ4v) is 3.63. The van der Waals surface area contributed by atoms with E-state index in [9.17, 15) is 13.6 Å². The molecular weight excluding hydrogens is 410 g/mol. The van der Waals surface area contributed by atoms with E-state index in [0.29, 0.717) is 23.6 Å². The highest BCUT2D eigenvalue weighted by Gasteiger charge is 2.14. The predicted octanol–water partition coefficient (Wildman–Crippen LogP) is 4.82. The van der Waals surface area contributed by atoms with Crippen LogP contribution < -0.4 is 14.8 Å². The number of carbonyl (C=O) groups excluding carboxylic acids is 1. The molecule has 0 saturated heterocycles. The molecule has 3 rings (SSSR count). The summed E-state index contributed by atoms with van der Waals surface area (Å²) in [5, 5.41) is 3.46. The van der Waals surface area contributed by atoms with E-state index in [0.717, 1.165) is 10.5 Å². The van der Waals surface area contributed by atoms with Crippen molar-refractivity contribution < 1.29 is 23.0 Å². The first-order valence-electron chi connectivity index (χ1n) is 9.14. The van der Waals surface area contributed by atoms with E-state index >= 15 is 0 Å². The number of pyridine rings is 1. The van der Waals surface area contributed by atoms with Gasteiger partial charge < -0.3 is 14.8 Å². The van der Waals surface area contributed by atoms with Crippen LogP contribution in [0.3, 0.4) is 0 Å². The van der Waals surface area contributed by atoms with Gasteiger partial charge in [-0.15, -0.1) is 0 Å². The number of rotatable bonds is 9. The van der Waals surface area contributed by atoms with Crippen molar-refractivity contribution in [1.82, 2.24) is 10.3 Å². The third kappa shape index (κ3) is 5.93. The van der Waals surface area contributed by atoms with Gasteiger partial charge in [-0.1, -0.05) is 36.0 Å². The highest BCUT2D eigenvalue weighted by atomic mass is 32.2. The molecule has 0 aliphatic rings. The van der Waals surface area contributed by atoms with Crippen LogP contribution in [0, 0.1) is 0 Å². The lowest BCUT2D eigenvalue weighted by Crippen LogP contribution is -2.26. The summed E-state index contributed by atoms with van der Waals surface area (Å²) >= 11 is 1.41. The zero-order valence-electron chi connectivity index (χ0n) is 16.2. The molecule has 156 valence electrons. The monoisotopic (exact) mass is 430 g/mol. The summed E-state index contributed by atoms with van der Waals surface area (Å²) in [6.45, 7) is -2.62. The SMILES string of the molecule is COc1ccc(CCNC(=O)c2cccnc2Sc2ccccc2)cc1OC(F)F. The van der Waals surface area contributed by atoms with Crippen LogP contribution in [0.4, 0.5) is 8.78 Å². The van der Waals surface area contributed by atoms with E-state index in [1.54, 1.807) is 30.5 Å². The third-order valence-electron chi connectivity index (χ3n) is 4.12. The molecule has 0 bridgehead atoms. The third-order valence-corrected chi connectivity index (χ3v) is 5.14. The first kappa shape index (κ1) is 21.6. The van der Waals surface area contributed by atoms with Crippen molar-refractivity contribution in [2.24, 2.45) is 0 Å². The number of hydrogen-bond acceptors (Lipinski definition) is 5. The summed E-state index contributed by atoms with van der Waals surface area (Å²) in [5.74, 6) is -0.0646. The average Bonchev–Trinajstić information content (AvgIpc) is 2.74. The molecule has 0 saturated carbocycles. The number of carbonyl (C=O) groups is 1. The number of amides is 1. The van der Waals surface area contributed by atoms with Gasteiger partial charge in [0.15, 0.2) is 11.5 Å². The van der Waals surface area contributed by atoms with E-state index in [-0.39, 0.29) is 17.4 Å². The van der Waals surface area contributed by atoms with Crippen LogP contribution >= 0.6 is 11.8 Å². The summed E-state index contributed by atoms with van der Waals surface area (Å²) in [4.78, 5) is 18.0. The maximum absolute atomic E-state index is 12.7. The minimum atomic E-state index is -2.94. The molecule has 0 aliphatic heterocycles. The van der Waals surface area contributed by atoms with Crippen LogP contribution in [0.25, 0.3) is 0 Å². The number of nitrogens with zero attached hydrogens (tertiary/aromatic N) is 1. The van der Waals surface area contributed by atoms with Gasteiger partial charge in [-0.3, -0.25) is 4.79 Å². The van der Waals surface area contributed by atoms with Gasteiger partial charge in [0, 0.05) is 17.6 Å². The topological polar surface area (TPSA) is 60.5 Å². The Hall–Kier alpha value is -3.13. The van der Waals surface area contributed by atoms with E-state index in [4.69, 9.17) is 4.74 Å². The molecule has 3 aromatic rings. The number of halogens is 2. The van der Waals surface area contributed by atoms with Crippen LogP contribution in [0.1, 0.15) is 15.9 Å². The Balaban J connectivity index is 1.63. The summed E-state index contributed by atoms with van der Waals surface area (Å²) in [6.07, 6.45) is 2.08. The van der Waals surface area contributed by atoms with Gasteiger partial charge in [0.25, 0.3) is 5.91 Å². The van der Waals surface area contributed by atoms with Gasteiger partial charge in [-0.25, -0.2) is 4.98 Å². The average molecular weight is 430 g/mol. The molecule has 0 atom stereocenters. The van der Waals surface area contributed by atoms with Gasteiger partial charge in [0.1, 0.15) is 5.03 Å². The van der Waals surface area contributed by atoms with Gasteiger partial charge in [-0.05, 0) is 48.4 Å². The van der Waals surface area contributed by atoms with Crippen molar-refractivity contribution in [3.8, 4) is 11.5 Å². The quantitative estimate of drug-likeness (QED) is 0.528. The molecular formula is C22H20F2N2O3S. The lowest BCUT2D eigenvalue weighted by atomic mass is 10.1. The van der Waals surface area contributed by atoms with Crippen molar-refractivity contribution >= 4 is 17.7 Å². The summed E-state index contributed by atoms with van der Waals surface area (Å²) in [5.41, 5.74) is 1.21. The van der Waals surface area contributed by atoms with Crippen molar-refractivity contribution in [3.05, 3.63) is 78.0 Å². The normalized spacial score (nSPS) is 10.7. The van der Waals surface area contributed by atoms with Gasteiger partial charge >= 0.3 is 6.61 Å². The standard InChI is InChI=1S/C22H20F2N2O3S/c1-28-18-10-9-15(14-19(18)29-22(23)24)11-13-25-20(27)17-8-5-12-26-21(17)30-16-6-3-2-4-7-16/h2-10,12,14,22H,11,13H2,1H3,(H,25,27). The summed E-state index contributed by atoms with van der Waals surface area (Å²) < 4.78 is 34.6. The molecule has 1 heterocycles. The van der Waals surface area contributed by atoms with Crippen molar-refractivity contribution in [2.45, 2.75) is 23.0 Å². The van der Waals surface area contributed by atoms with E-state index in [2.05, 4.69) is 15.0 Å². The molecule has 0 spiro atoms. The van der Waals surface area contributed by atoms with Crippen LogP contribution in [-0.4, -0.2) is 31.2 Å². The molecule has 5 nitrogen and oxygen atoms in total. The highest BCUT2D eigenvalue weighted by Crippen LogP contribution is 2.30. The van der Waals surface area contributed by atoms with Gasteiger partial charge in [-0.2, -0.15) is 8.78 Å². The Labute approximate surface area is 177 Å². The Morgan fingerprint density at radius 2 is 1.90 bits per heavy atom. The summed E-state index contributed by atoms with van der Waals surface area (Å²) in [6, 6.07) is 17.9. The second kappa shape index (κ2) is 10.6. The molecule has 0 fully saturated rings. The lowest BCUT2D eigenvalue weighted by molar-refractivity contribution is -0.0512. The Morgan fingerprint density at radius 1 is 1.10 bits per heavy atom.